The second-order valence-corrected chi connectivity index (χ2v) is 3.86. The van der Waals surface area contributed by atoms with Gasteiger partial charge in [0.1, 0.15) is 17.7 Å². The van der Waals surface area contributed by atoms with Crippen molar-refractivity contribution in [2.45, 2.75) is 0 Å². The molecule has 0 radical (unpaired) electrons. The zero-order chi connectivity index (χ0) is 12.5. The van der Waals surface area contributed by atoms with Gasteiger partial charge in [0.2, 0.25) is 0 Å². The third-order valence-corrected chi connectivity index (χ3v) is 2.76. The van der Waals surface area contributed by atoms with E-state index in [0.29, 0.717) is 11.5 Å². The summed E-state index contributed by atoms with van der Waals surface area (Å²) >= 11 is 0. The summed E-state index contributed by atoms with van der Waals surface area (Å²) in [5.41, 5.74) is 1.90. The molecule has 2 aromatic heterocycles. The van der Waals surface area contributed by atoms with E-state index >= 15 is 0 Å². The van der Waals surface area contributed by atoms with Gasteiger partial charge in [0, 0.05) is 11.8 Å². The molecule has 0 bridgehead atoms. The van der Waals surface area contributed by atoms with E-state index in [0.717, 1.165) is 11.1 Å². The van der Waals surface area contributed by atoms with Crippen LogP contribution in [0.4, 0.5) is 4.39 Å². The highest BCUT2D eigenvalue weighted by molar-refractivity contribution is 5.68. The maximum Gasteiger partial charge on any atom is 0.166 e. The Kier molecular flexibility index (Phi) is 2.31. The smallest absolute Gasteiger partial charge is 0.166 e. The van der Waals surface area contributed by atoms with Crippen LogP contribution in [-0.2, 0) is 0 Å². The van der Waals surface area contributed by atoms with Crippen molar-refractivity contribution in [3.63, 3.8) is 0 Å². The lowest BCUT2D eigenvalue weighted by molar-refractivity contribution is 0.628. The van der Waals surface area contributed by atoms with Gasteiger partial charge >= 0.3 is 0 Å². The first kappa shape index (κ1) is 10.5. The van der Waals surface area contributed by atoms with Crippen LogP contribution in [0.15, 0.2) is 48.7 Å². The number of halogens is 1. The van der Waals surface area contributed by atoms with Gasteiger partial charge in [-0.3, -0.25) is 4.40 Å². The molecule has 0 aliphatic carbocycles. The Balaban J connectivity index is 2.30. The predicted molar refractivity (Wildman–Crippen MR) is 65.3 cm³/mol. The van der Waals surface area contributed by atoms with Crippen LogP contribution in [0.1, 0.15) is 5.69 Å². The Morgan fingerprint density at radius 1 is 1.11 bits per heavy atom. The van der Waals surface area contributed by atoms with Crippen molar-refractivity contribution in [2.75, 3.05) is 0 Å². The van der Waals surface area contributed by atoms with Crippen molar-refractivity contribution < 1.29 is 4.39 Å². The van der Waals surface area contributed by atoms with Crippen LogP contribution in [0.25, 0.3) is 16.9 Å². The van der Waals surface area contributed by atoms with Crippen molar-refractivity contribution in [3.8, 4) is 17.5 Å². The molecule has 0 saturated carbocycles. The van der Waals surface area contributed by atoms with Gasteiger partial charge in [0.15, 0.2) is 5.69 Å². The Morgan fingerprint density at radius 2 is 1.89 bits per heavy atom. The van der Waals surface area contributed by atoms with E-state index in [1.165, 1.54) is 12.1 Å². The van der Waals surface area contributed by atoms with Crippen LogP contribution in [0, 0.1) is 17.1 Å². The highest BCUT2D eigenvalue weighted by Crippen LogP contribution is 2.22. The van der Waals surface area contributed by atoms with E-state index in [1.54, 1.807) is 12.1 Å². The average Bonchev–Trinajstić information content (AvgIpc) is 2.79. The summed E-state index contributed by atoms with van der Waals surface area (Å²) in [6.45, 7) is 0. The molecule has 3 aromatic rings. The molecule has 0 fully saturated rings. The first-order chi connectivity index (χ1) is 8.79. The summed E-state index contributed by atoms with van der Waals surface area (Å²) in [6, 6.07) is 13.7. The molecule has 86 valence electrons. The first-order valence-electron chi connectivity index (χ1n) is 5.43. The summed E-state index contributed by atoms with van der Waals surface area (Å²) < 4.78 is 14.7. The van der Waals surface area contributed by atoms with E-state index in [9.17, 15) is 4.39 Å². The number of pyridine rings is 1. The molecule has 3 nitrogen and oxygen atoms in total. The standard InChI is InChI=1S/C14H8FN3/c15-11-6-4-10(5-7-11)14-17-12(9-16)13-3-1-2-8-18(13)14/h1-8H. The monoisotopic (exact) mass is 237 g/mol. The SMILES string of the molecule is N#Cc1nc(-c2ccc(F)cc2)n2ccccc12. The van der Waals surface area contributed by atoms with E-state index in [-0.39, 0.29) is 5.82 Å². The van der Waals surface area contributed by atoms with Crippen molar-refractivity contribution in [2.24, 2.45) is 0 Å². The number of aromatic nitrogens is 2. The molecular weight excluding hydrogens is 229 g/mol. The van der Waals surface area contributed by atoms with Gasteiger partial charge in [0.05, 0.1) is 5.52 Å². The molecule has 0 spiro atoms. The van der Waals surface area contributed by atoms with Crippen molar-refractivity contribution in [3.05, 3.63) is 60.2 Å². The molecule has 0 aliphatic rings. The van der Waals surface area contributed by atoms with Crippen molar-refractivity contribution >= 4 is 5.52 Å². The van der Waals surface area contributed by atoms with Gasteiger partial charge in [-0.2, -0.15) is 5.26 Å². The Hall–Kier alpha value is -2.67. The molecule has 0 atom stereocenters. The van der Waals surface area contributed by atoms with E-state index in [4.69, 9.17) is 5.26 Å². The number of hydrogen-bond acceptors (Lipinski definition) is 2. The zero-order valence-electron chi connectivity index (χ0n) is 9.34. The summed E-state index contributed by atoms with van der Waals surface area (Å²) in [5, 5.41) is 9.05. The molecular formula is C14H8FN3. The third kappa shape index (κ3) is 1.54. The predicted octanol–water partition coefficient (Wildman–Crippen LogP) is 3.01. The van der Waals surface area contributed by atoms with Gasteiger partial charge < -0.3 is 0 Å². The topological polar surface area (TPSA) is 41.1 Å². The first-order valence-corrected chi connectivity index (χ1v) is 5.43. The minimum absolute atomic E-state index is 0.292. The second kappa shape index (κ2) is 3.97. The van der Waals surface area contributed by atoms with Gasteiger partial charge in [-0.15, -0.1) is 0 Å². The Morgan fingerprint density at radius 3 is 2.61 bits per heavy atom. The molecule has 4 heteroatoms. The minimum Gasteiger partial charge on any atom is -0.298 e. The lowest BCUT2D eigenvalue weighted by Crippen LogP contribution is -1.88. The molecule has 3 rings (SSSR count). The normalized spacial score (nSPS) is 10.4. The van der Waals surface area contributed by atoms with E-state index < -0.39 is 0 Å². The summed E-state index contributed by atoms with van der Waals surface area (Å²) in [7, 11) is 0. The van der Waals surface area contributed by atoms with Crippen molar-refractivity contribution in [1.29, 1.82) is 5.26 Å². The summed E-state index contributed by atoms with van der Waals surface area (Å²) in [4.78, 5) is 4.29. The van der Waals surface area contributed by atoms with Crippen LogP contribution in [-0.4, -0.2) is 9.38 Å². The third-order valence-electron chi connectivity index (χ3n) is 2.76. The quantitative estimate of drug-likeness (QED) is 0.652. The number of nitriles is 1. The maximum atomic E-state index is 12.9. The molecule has 1 aromatic carbocycles. The summed E-state index contributed by atoms with van der Waals surface area (Å²) in [6.07, 6.45) is 1.84. The number of rotatable bonds is 1. The van der Waals surface area contributed by atoms with Gasteiger partial charge in [-0.1, -0.05) is 6.07 Å². The maximum absolute atomic E-state index is 12.9. The molecule has 0 unspecified atom stereocenters. The minimum atomic E-state index is -0.292. The highest BCUT2D eigenvalue weighted by atomic mass is 19.1. The average molecular weight is 237 g/mol. The Bertz CT molecular complexity index is 751. The number of fused-ring (bicyclic) bond motifs is 1. The van der Waals surface area contributed by atoms with Crippen LogP contribution in [0.2, 0.25) is 0 Å². The largest absolute Gasteiger partial charge is 0.298 e. The van der Waals surface area contributed by atoms with Crippen LogP contribution in [0.3, 0.4) is 0 Å². The fraction of sp³-hybridized carbons (Fsp3) is 0. The van der Waals surface area contributed by atoms with Gasteiger partial charge in [-0.25, -0.2) is 9.37 Å². The lowest BCUT2D eigenvalue weighted by Gasteiger charge is -2.00. The fourth-order valence-corrected chi connectivity index (χ4v) is 1.92. The zero-order valence-corrected chi connectivity index (χ0v) is 9.34. The Labute approximate surface area is 103 Å². The number of hydrogen-bond donors (Lipinski definition) is 0. The molecule has 0 N–H and O–H groups in total. The number of benzene rings is 1. The van der Waals surface area contributed by atoms with Crippen LogP contribution >= 0.6 is 0 Å². The van der Waals surface area contributed by atoms with Crippen molar-refractivity contribution in [1.82, 2.24) is 9.38 Å². The number of nitrogens with zero attached hydrogens (tertiary/aromatic N) is 3. The van der Waals surface area contributed by atoms with E-state index in [2.05, 4.69) is 11.1 Å². The molecule has 0 amide bonds. The molecule has 0 saturated heterocycles. The molecule has 0 aliphatic heterocycles. The fourth-order valence-electron chi connectivity index (χ4n) is 1.92. The summed E-state index contributed by atoms with van der Waals surface area (Å²) in [5.74, 6) is 0.349. The van der Waals surface area contributed by atoms with Gasteiger partial charge in [0.25, 0.3) is 0 Å². The van der Waals surface area contributed by atoms with Gasteiger partial charge in [-0.05, 0) is 36.4 Å². The lowest BCUT2D eigenvalue weighted by atomic mass is 10.2. The van der Waals surface area contributed by atoms with Crippen LogP contribution in [0.5, 0.6) is 0 Å². The molecule has 2 heterocycles. The number of imidazole rings is 1. The second-order valence-electron chi connectivity index (χ2n) is 3.86. The van der Waals surface area contributed by atoms with E-state index in [1.807, 2.05) is 28.8 Å². The molecule has 18 heavy (non-hydrogen) atoms. The highest BCUT2D eigenvalue weighted by Gasteiger charge is 2.11. The van der Waals surface area contributed by atoms with Crippen LogP contribution < -0.4 is 0 Å².